The normalized spacial score (nSPS) is 25.1. The number of nitrogens with two attached hydrogens (primary N) is 1. The molecule has 1 aliphatic heterocycles. The van der Waals surface area contributed by atoms with Crippen molar-refractivity contribution >= 4 is 5.91 Å². The van der Waals surface area contributed by atoms with E-state index >= 15 is 0 Å². The van der Waals surface area contributed by atoms with Crippen LogP contribution < -0.4 is 5.73 Å². The predicted octanol–water partition coefficient (Wildman–Crippen LogP) is 0.800. The Morgan fingerprint density at radius 1 is 1.53 bits per heavy atom. The van der Waals surface area contributed by atoms with E-state index in [1.807, 2.05) is 24.3 Å². The molecule has 1 aliphatic rings. The van der Waals surface area contributed by atoms with E-state index in [0.717, 1.165) is 11.1 Å². The number of piperidine rings is 1. The Morgan fingerprint density at radius 2 is 2.29 bits per heavy atom. The number of likely N-dealkylation sites (tertiary alicyclic amines) is 1. The smallest absolute Gasteiger partial charge is 0.223 e. The monoisotopic (exact) mass is 234 g/mol. The molecule has 0 radical (unpaired) electrons. The van der Waals surface area contributed by atoms with Crippen molar-refractivity contribution in [2.24, 2.45) is 5.73 Å². The minimum atomic E-state index is -0.495. The number of amides is 1. The Balaban J connectivity index is 2.32. The highest BCUT2D eigenvalue weighted by atomic mass is 16.3. The molecule has 0 spiro atoms. The molecule has 4 heteroatoms. The van der Waals surface area contributed by atoms with Crippen LogP contribution in [0.4, 0.5) is 0 Å². The number of aliphatic hydroxyl groups is 1. The van der Waals surface area contributed by atoms with E-state index in [0.29, 0.717) is 19.4 Å². The third-order valence-corrected chi connectivity index (χ3v) is 3.36. The van der Waals surface area contributed by atoms with Crippen LogP contribution in [-0.2, 0) is 11.3 Å². The van der Waals surface area contributed by atoms with Gasteiger partial charge in [-0.3, -0.25) is 4.79 Å². The average Bonchev–Trinajstić information content (AvgIpc) is 2.35. The van der Waals surface area contributed by atoms with E-state index in [-0.39, 0.29) is 11.9 Å². The number of rotatable bonds is 2. The third kappa shape index (κ3) is 2.33. The molecule has 2 unspecified atom stereocenters. The second-order valence-corrected chi connectivity index (χ2v) is 4.50. The van der Waals surface area contributed by atoms with Crippen molar-refractivity contribution in [3.05, 3.63) is 35.4 Å². The van der Waals surface area contributed by atoms with Crippen molar-refractivity contribution in [2.75, 3.05) is 7.05 Å². The highest BCUT2D eigenvalue weighted by Gasteiger charge is 2.33. The number of hydrogen-bond acceptors (Lipinski definition) is 3. The molecule has 0 aliphatic carbocycles. The van der Waals surface area contributed by atoms with Gasteiger partial charge in [-0.25, -0.2) is 0 Å². The Hall–Kier alpha value is -1.39. The van der Waals surface area contributed by atoms with Crippen LogP contribution in [-0.4, -0.2) is 29.1 Å². The minimum Gasteiger partial charge on any atom is -0.391 e. The van der Waals surface area contributed by atoms with Gasteiger partial charge in [-0.1, -0.05) is 24.3 Å². The van der Waals surface area contributed by atoms with Gasteiger partial charge in [-0.05, 0) is 17.5 Å². The van der Waals surface area contributed by atoms with E-state index < -0.39 is 6.10 Å². The molecular weight excluding hydrogens is 216 g/mol. The van der Waals surface area contributed by atoms with Crippen LogP contribution in [0.3, 0.4) is 0 Å². The zero-order valence-electron chi connectivity index (χ0n) is 9.97. The molecule has 0 aromatic heterocycles. The number of hydrogen-bond donors (Lipinski definition) is 2. The van der Waals surface area contributed by atoms with Crippen molar-refractivity contribution < 1.29 is 9.90 Å². The largest absolute Gasteiger partial charge is 0.391 e. The zero-order chi connectivity index (χ0) is 12.4. The Kier molecular flexibility index (Phi) is 3.45. The summed E-state index contributed by atoms with van der Waals surface area (Å²) in [6, 6.07) is 7.51. The topological polar surface area (TPSA) is 66.6 Å². The number of nitrogens with zero attached hydrogens (tertiary/aromatic N) is 1. The molecule has 2 rings (SSSR count). The summed E-state index contributed by atoms with van der Waals surface area (Å²) in [7, 11) is 1.74. The van der Waals surface area contributed by atoms with Crippen molar-refractivity contribution in [3.8, 4) is 0 Å². The molecule has 4 nitrogen and oxygen atoms in total. The van der Waals surface area contributed by atoms with Crippen LogP contribution in [0.1, 0.15) is 30.0 Å². The summed E-state index contributed by atoms with van der Waals surface area (Å²) >= 11 is 0. The van der Waals surface area contributed by atoms with Gasteiger partial charge in [-0.15, -0.1) is 0 Å². The quantitative estimate of drug-likeness (QED) is 0.795. The standard InChI is InChI=1S/C13H18N2O2/c1-15-12(17)6-5-11(16)13(15)10-4-2-3-9(7-10)8-14/h2-4,7,11,13,16H,5-6,8,14H2,1H3. The summed E-state index contributed by atoms with van der Waals surface area (Å²) in [5, 5.41) is 10.0. The SMILES string of the molecule is CN1C(=O)CCC(O)C1c1cccc(CN)c1. The first-order chi connectivity index (χ1) is 8.13. The van der Waals surface area contributed by atoms with E-state index in [4.69, 9.17) is 5.73 Å². The highest BCUT2D eigenvalue weighted by molar-refractivity contribution is 5.77. The molecule has 1 aromatic carbocycles. The van der Waals surface area contributed by atoms with E-state index in [1.54, 1.807) is 11.9 Å². The third-order valence-electron chi connectivity index (χ3n) is 3.36. The van der Waals surface area contributed by atoms with Crippen molar-refractivity contribution in [1.29, 1.82) is 0 Å². The van der Waals surface area contributed by atoms with E-state index in [1.165, 1.54) is 0 Å². The lowest BCUT2D eigenvalue weighted by Gasteiger charge is -2.36. The number of carbonyl (C=O) groups is 1. The van der Waals surface area contributed by atoms with Crippen molar-refractivity contribution in [1.82, 2.24) is 4.90 Å². The molecule has 1 heterocycles. The Bertz CT molecular complexity index is 420. The van der Waals surface area contributed by atoms with Crippen LogP contribution in [0.25, 0.3) is 0 Å². The lowest BCUT2D eigenvalue weighted by molar-refractivity contribution is -0.140. The van der Waals surface area contributed by atoms with Crippen LogP contribution in [0.15, 0.2) is 24.3 Å². The maximum Gasteiger partial charge on any atom is 0.223 e. The molecule has 1 fully saturated rings. The maximum absolute atomic E-state index is 11.7. The summed E-state index contributed by atoms with van der Waals surface area (Å²) in [6.45, 7) is 0.467. The molecule has 0 bridgehead atoms. The number of aliphatic hydroxyl groups excluding tert-OH is 1. The summed E-state index contributed by atoms with van der Waals surface area (Å²) in [5.41, 5.74) is 7.57. The number of likely N-dealkylation sites (N-methyl/N-ethyl adjacent to an activating group) is 1. The van der Waals surface area contributed by atoms with Crippen LogP contribution in [0.2, 0.25) is 0 Å². The average molecular weight is 234 g/mol. The summed E-state index contributed by atoms with van der Waals surface area (Å²) < 4.78 is 0. The first-order valence-corrected chi connectivity index (χ1v) is 5.86. The Labute approximate surface area is 101 Å². The van der Waals surface area contributed by atoms with Gasteiger partial charge in [0.25, 0.3) is 0 Å². The van der Waals surface area contributed by atoms with Crippen LogP contribution >= 0.6 is 0 Å². The fourth-order valence-corrected chi connectivity index (χ4v) is 2.37. The molecule has 2 atom stereocenters. The molecule has 1 amide bonds. The summed E-state index contributed by atoms with van der Waals surface area (Å²) in [6.07, 6.45) is 0.455. The van der Waals surface area contributed by atoms with Crippen LogP contribution in [0.5, 0.6) is 0 Å². The van der Waals surface area contributed by atoms with Crippen molar-refractivity contribution in [2.45, 2.75) is 31.5 Å². The van der Waals surface area contributed by atoms with Crippen molar-refractivity contribution in [3.63, 3.8) is 0 Å². The van der Waals surface area contributed by atoms with Crippen LogP contribution in [0, 0.1) is 0 Å². The highest BCUT2D eigenvalue weighted by Crippen LogP contribution is 2.30. The summed E-state index contributed by atoms with van der Waals surface area (Å²) in [4.78, 5) is 13.3. The van der Waals surface area contributed by atoms with Gasteiger partial charge >= 0.3 is 0 Å². The first kappa shape index (κ1) is 12.1. The fraction of sp³-hybridized carbons (Fsp3) is 0.462. The molecule has 3 N–H and O–H groups in total. The maximum atomic E-state index is 11.7. The molecule has 92 valence electrons. The van der Waals surface area contributed by atoms with E-state index in [9.17, 15) is 9.90 Å². The van der Waals surface area contributed by atoms with E-state index in [2.05, 4.69) is 0 Å². The second kappa shape index (κ2) is 4.85. The lowest BCUT2D eigenvalue weighted by Crippen LogP contribution is -2.42. The Morgan fingerprint density at radius 3 is 3.00 bits per heavy atom. The minimum absolute atomic E-state index is 0.0819. The van der Waals surface area contributed by atoms with Gasteiger partial charge in [0.2, 0.25) is 5.91 Å². The predicted molar refractivity (Wildman–Crippen MR) is 65.1 cm³/mol. The molecule has 1 aromatic rings. The summed E-state index contributed by atoms with van der Waals surface area (Å²) in [5.74, 6) is 0.0819. The van der Waals surface area contributed by atoms with Gasteiger partial charge in [0, 0.05) is 20.0 Å². The van der Waals surface area contributed by atoms with Gasteiger partial charge in [0.05, 0.1) is 12.1 Å². The molecular formula is C13H18N2O2. The van der Waals surface area contributed by atoms with Gasteiger partial charge in [0.15, 0.2) is 0 Å². The van der Waals surface area contributed by atoms with Gasteiger partial charge in [-0.2, -0.15) is 0 Å². The molecule has 0 saturated carbocycles. The van der Waals surface area contributed by atoms with Gasteiger partial charge < -0.3 is 15.7 Å². The number of benzene rings is 1. The first-order valence-electron chi connectivity index (χ1n) is 5.86. The number of carbonyl (C=O) groups excluding carboxylic acids is 1. The molecule has 17 heavy (non-hydrogen) atoms. The second-order valence-electron chi connectivity index (χ2n) is 4.50. The lowest BCUT2D eigenvalue weighted by atomic mass is 9.92. The fourth-order valence-electron chi connectivity index (χ4n) is 2.37. The zero-order valence-corrected chi connectivity index (χ0v) is 9.97. The van der Waals surface area contributed by atoms with Gasteiger partial charge in [0.1, 0.15) is 0 Å². The molecule has 1 saturated heterocycles.